The molecule has 0 radical (unpaired) electrons. The molecule has 16 heavy (non-hydrogen) atoms. The molecular weight excluding hydrogens is 204 g/mol. The lowest BCUT2D eigenvalue weighted by Gasteiger charge is -2.21. The van der Waals surface area contributed by atoms with Crippen molar-refractivity contribution < 1.29 is 9.53 Å². The molecule has 0 saturated heterocycles. The zero-order valence-electron chi connectivity index (χ0n) is 9.11. The Kier molecular flexibility index (Phi) is 3.10. The second kappa shape index (κ2) is 4.53. The number of benzene rings is 1. The summed E-state index contributed by atoms with van der Waals surface area (Å²) < 4.78 is 5.25. The van der Waals surface area contributed by atoms with E-state index >= 15 is 0 Å². The highest BCUT2D eigenvalue weighted by molar-refractivity contribution is 5.75. The lowest BCUT2D eigenvalue weighted by Crippen LogP contribution is -2.27. The summed E-state index contributed by atoms with van der Waals surface area (Å²) in [4.78, 5) is 10.6. The molecule has 1 aliphatic carbocycles. The van der Waals surface area contributed by atoms with E-state index in [2.05, 4.69) is 0 Å². The third-order valence-corrected chi connectivity index (χ3v) is 2.83. The number of primary amides is 1. The molecule has 0 bridgehead atoms. The minimum absolute atomic E-state index is 0.0785. The van der Waals surface area contributed by atoms with Gasteiger partial charge in [-0.05, 0) is 42.5 Å². The van der Waals surface area contributed by atoms with Crippen molar-refractivity contribution in [1.82, 2.24) is 0 Å². The fourth-order valence-corrected chi connectivity index (χ4v) is 2.01. The van der Waals surface area contributed by atoms with Crippen LogP contribution in [0.2, 0.25) is 0 Å². The quantitative estimate of drug-likeness (QED) is 0.772. The molecule has 1 amide bonds. The van der Waals surface area contributed by atoms with Crippen molar-refractivity contribution in [2.75, 3.05) is 6.61 Å². The number of aryl methyl sites for hydroxylation is 1. The van der Waals surface area contributed by atoms with Gasteiger partial charge in [0, 0.05) is 6.04 Å². The molecule has 0 fully saturated rings. The Morgan fingerprint density at radius 3 is 3.00 bits per heavy atom. The third kappa shape index (κ3) is 2.52. The maximum absolute atomic E-state index is 10.6. The minimum Gasteiger partial charge on any atom is -0.484 e. The molecule has 0 spiro atoms. The number of hydrogen-bond donors (Lipinski definition) is 2. The number of carbonyl (C=O) groups is 1. The highest BCUT2D eigenvalue weighted by atomic mass is 16.5. The van der Waals surface area contributed by atoms with Crippen molar-refractivity contribution in [2.24, 2.45) is 11.5 Å². The molecule has 1 aromatic rings. The van der Waals surface area contributed by atoms with Gasteiger partial charge in [-0.25, -0.2) is 0 Å². The predicted molar refractivity (Wildman–Crippen MR) is 61.1 cm³/mol. The van der Waals surface area contributed by atoms with Crippen LogP contribution in [-0.4, -0.2) is 18.6 Å². The highest BCUT2D eigenvalue weighted by Crippen LogP contribution is 2.24. The Morgan fingerprint density at radius 2 is 2.25 bits per heavy atom. The number of rotatable bonds is 3. The first-order chi connectivity index (χ1) is 7.65. The molecule has 0 aliphatic heterocycles. The molecule has 0 saturated carbocycles. The Balaban J connectivity index is 2.11. The average Bonchev–Trinajstić information content (AvgIpc) is 2.25. The number of hydrogen-bond acceptors (Lipinski definition) is 3. The normalized spacial score (nSPS) is 18.9. The fraction of sp³-hybridized carbons (Fsp3) is 0.417. The van der Waals surface area contributed by atoms with Gasteiger partial charge in [0.25, 0.3) is 5.91 Å². The number of fused-ring (bicyclic) bond motifs is 1. The zero-order valence-corrected chi connectivity index (χ0v) is 9.11. The van der Waals surface area contributed by atoms with Gasteiger partial charge in [0.2, 0.25) is 0 Å². The molecule has 4 N–H and O–H groups in total. The second-order valence-electron chi connectivity index (χ2n) is 4.19. The van der Waals surface area contributed by atoms with Crippen LogP contribution in [0.3, 0.4) is 0 Å². The molecule has 1 atom stereocenters. The molecule has 4 nitrogen and oxygen atoms in total. The van der Waals surface area contributed by atoms with Crippen LogP contribution in [0.15, 0.2) is 18.2 Å². The number of ether oxygens (including phenoxy) is 1. The largest absolute Gasteiger partial charge is 0.484 e. The van der Waals surface area contributed by atoms with Gasteiger partial charge in [-0.1, -0.05) is 6.07 Å². The predicted octanol–water partition coefficient (Wildman–Crippen LogP) is 0.367. The van der Waals surface area contributed by atoms with E-state index in [0.29, 0.717) is 5.75 Å². The first-order valence-corrected chi connectivity index (χ1v) is 5.43. The lowest BCUT2D eigenvalue weighted by atomic mass is 9.89. The van der Waals surface area contributed by atoms with Gasteiger partial charge in [-0.2, -0.15) is 0 Å². The topological polar surface area (TPSA) is 78.3 Å². The van der Waals surface area contributed by atoms with Crippen molar-refractivity contribution in [3.05, 3.63) is 29.3 Å². The highest BCUT2D eigenvalue weighted by Gasteiger charge is 2.15. The summed E-state index contributed by atoms with van der Waals surface area (Å²) in [5.74, 6) is 0.223. The summed E-state index contributed by atoms with van der Waals surface area (Å²) in [5, 5.41) is 0. The molecule has 2 rings (SSSR count). The van der Waals surface area contributed by atoms with Crippen LogP contribution >= 0.6 is 0 Å². The molecule has 1 aromatic carbocycles. The number of nitrogens with two attached hydrogens (primary N) is 2. The second-order valence-corrected chi connectivity index (χ2v) is 4.19. The van der Waals surface area contributed by atoms with E-state index in [1.165, 1.54) is 11.1 Å². The minimum atomic E-state index is -0.463. The summed E-state index contributed by atoms with van der Waals surface area (Å²) >= 11 is 0. The molecule has 4 heteroatoms. The van der Waals surface area contributed by atoms with Gasteiger partial charge in [0.1, 0.15) is 5.75 Å². The van der Waals surface area contributed by atoms with E-state index in [9.17, 15) is 4.79 Å². The van der Waals surface area contributed by atoms with E-state index in [1.54, 1.807) is 0 Å². The van der Waals surface area contributed by atoms with Gasteiger partial charge in [0.15, 0.2) is 6.61 Å². The van der Waals surface area contributed by atoms with Crippen molar-refractivity contribution in [2.45, 2.75) is 25.3 Å². The molecular formula is C12H16N2O2. The van der Waals surface area contributed by atoms with Gasteiger partial charge in [-0.15, -0.1) is 0 Å². The summed E-state index contributed by atoms with van der Waals surface area (Å²) in [6.07, 6.45) is 2.93. The lowest BCUT2D eigenvalue weighted by molar-refractivity contribution is -0.119. The first kappa shape index (κ1) is 11.0. The molecule has 1 aliphatic rings. The first-order valence-electron chi connectivity index (χ1n) is 5.43. The summed E-state index contributed by atoms with van der Waals surface area (Å²) in [7, 11) is 0. The van der Waals surface area contributed by atoms with E-state index in [0.717, 1.165) is 19.3 Å². The van der Waals surface area contributed by atoms with Gasteiger partial charge in [0.05, 0.1) is 0 Å². The van der Waals surface area contributed by atoms with Crippen LogP contribution in [-0.2, 0) is 17.6 Å². The van der Waals surface area contributed by atoms with E-state index in [4.69, 9.17) is 16.2 Å². The smallest absolute Gasteiger partial charge is 0.255 e. The van der Waals surface area contributed by atoms with Crippen molar-refractivity contribution >= 4 is 5.91 Å². The Hall–Kier alpha value is -1.55. The third-order valence-electron chi connectivity index (χ3n) is 2.83. The van der Waals surface area contributed by atoms with Crippen LogP contribution in [0.5, 0.6) is 5.75 Å². The SMILES string of the molecule is NC(=O)COc1ccc2c(c1)C[C@@H](N)CC2. The Morgan fingerprint density at radius 1 is 1.44 bits per heavy atom. The molecule has 0 unspecified atom stereocenters. The van der Waals surface area contributed by atoms with Crippen molar-refractivity contribution in [3.8, 4) is 5.75 Å². The summed E-state index contributed by atoms with van der Waals surface area (Å²) in [5.41, 5.74) is 13.5. The summed E-state index contributed by atoms with van der Waals surface area (Å²) in [6.45, 7) is -0.0785. The number of amides is 1. The Labute approximate surface area is 94.6 Å². The van der Waals surface area contributed by atoms with E-state index in [-0.39, 0.29) is 12.6 Å². The van der Waals surface area contributed by atoms with Crippen LogP contribution < -0.4 is 16.2 Å². The zero-order chi connectivity index (χ0) is 11.5. The average molecular weight is 220 g/mol. The van der Waals surface area contributed by atoms with Crippen LogP contribution in [0.1, 0.15) is 17.5 Å². The van der Waals surface area contributed by atoms with E-state index < -0.39 is 5.91 Å². The Bertz CT molecular complexity index is 404. The van der Waals surface area contributed by atoms with Crippen LogP contribution in [0.25, 0.3) is 0 Å². The summed E-state index contributed by atoms with van der Waals surface area (Å²) in [6, 6.07) is 6.10. The van der Waals surface area contributed by atoms with Crippen LogP contribution in [0.4, 0.5) is 0 Å². The standard InChI is InChI=1S/C12H16N2O2/c13-10-3-1-8-2-4-11(6-9(8)5-10)16-7-12(14)15/h2,4,6,10H,1,3,5,7,13H2,(H2,14,15)/t10-/m0/s1. The maximum Gasteiger partial charge on any atom is 0.255 e. The van der Waals surface area contributed by atoms with Crippen molar-refractivity contribution in [1.29, 1.82) is 0 Å². The maximum atomic E-state index is 10.6. The molecule has 0 aromatic heterocycles. The van der Waals surface area contributed by atoms with E-state index in [1.807, 2.05) is 18.2 Å². The monoisotopic (exact) mass is 220 g/mol. The van der Waals surface area contributed by atoms with Crippen molar-refractivity contribution in [3.63, 3.8) is 0 Å². The number of carbonyl (C=O) groups excluding carboxylic acids is 1. The van der Waals surface area contributed by atoms with Crippen LogP contribution in [0, 0.1) is 0 Å². The molecule has 86 valence electrons. The van der Waals surface area contributed by atoms with Gasteiger partial charge < -0.3 is 16.2 Å². The van der Waals surface area contributed by atoms with Gasteiger partial charge in [-0.3, -0.25) is 4.79 Å². The molecule has 0 heterocycles. The fourth-order valence-electron chi connectivity index (χ4n) is 2.01. The van der Waals surface area contributed by atoms with Gasteiger partial charge >= 0.3 is 0 Å².